The van der Waals surface area contributed by atoms with Crippen LogP contribution in [0.1, 0.15) is 66.9 Å². The summed E-state index contributed by atoms with van der Waals surface area (Å²) in [5, 5.41) is 0.611. The van der Waals surface area contributed by atoms with Crippen LogP contribution in [0.5, 0.6) is 0 Å². The second-order valence-electron chi connectivity index (χ2n) is 8.99. The first kappa shape index (κ1) is 22.3. The number of nitrogens with one attached hydrogen (secondary N) is 1. The molecule has 4 rings (SSSR count). The number of nitrogens with zero attached hydrogens (tertiary/aromatic N) is 3. The summed E-state index contributed by atoms with van der Waals surface area (Å²) >= 11 is 6.12. The maximum atomic E-state index is 13.4. The van der Waals surface area contributed by atoms with E-state index < -0.39 is 11.3 Å². The first-order valence-corrected chi connectivity index (χ1v) is 11.3. The molecule has 2 heterocycles. The topological polar surface area (TPSA) is 112 Å². The normalized spacial score (nSPS) is 23.2. The Labute approximate surface area is 192 Å². The largest absolute Gasteiger partial charge is 0.364 e. The van der Waals surface area contributed by atoms with Gasteiger partial charge in [-0.25, -0.2) is 4.98 Å². The lowest BCUT2D eigenvalue weighted by atomic mass is 9.71. The van der Waals surface area contributed by atoms with Crippen LogP contribution >= 0.6 is 11.6 Å². The van der Waals surface area contributed by atoms with Crippen molar-refractivity contribution < 1.29 is 14.4 Å². The predicted molar refractivity (Wildman–Crippen MR) is 122 cm³/mol. The van der Waals surface area contributed by atoms with E-state index >= 15 is 0 Å². The van der Waals surface area contributed by atoms with Gasteiger partial charge in [-0.3, -0.25) is 14.4 Å². The first-order valence-electron chi connectivity index (χ1n) is 11.0. The summed E-state index contributed by atoms with van der Waals surface area (Å²) in [7, 11) is 0. The van der Waals surface area contributed by atoms with Crippen LogP contribution in [0.4, 0.5) is 5.69 Å². The van der Waals surface area contributed by atoms with E-state index in [1.54, 1.807) is 11.0 Å². The highest BCUT2D eigenvalue weighted by atomic mass is 35.5. The van der Waals surface area contributed by atoms with E-state index in [9.17, 15) is 14.4 Å². The number of benzene rings is 1. The average Bonchev–Trinajstić information content (AvgIpc) is 3.36. The van der Waals surface area contributed by atoms with E-state index in [2.05, 4.69) is 9.97 Å². The van der Waals surface area contributed by atoms with Crippen molar-refractivity contribution in [1.82, 2.24) is 14.9 Å². The lowest BCUT2D eigenvalue weighted by molar-refractivity contribution is -0.127. The zero-order valence-corrected chi connectivity index (χ0v) is 19.1. The fraction of sp³-hybridized carbons (Fsp3) is 0.478. The van der Waals surface area contributed by atoms with Crippen molar-refractivity contribution in [3.05, 3.63) is 47.0 Å². The Kier molecular flexibility index (Phi) is 5.99. The van der Waals surface area contributed by atoms with Crippen molar-refractivity contribution in [2.75, 3.05) is 11.4 Å². The number of imidazole rings is 1. The summed E-state index contributed by atoms with van der Waals surface area (Å²) in [5.74, 6) is -0.881. The van der Waals surface area contributed by atoms with Crippen molar-refractivity contribution in [2.24, 2.45) is 11.1 Å². The Balaban J connectivity index is 1.49. The smallest absolute Gasteiger partial charge is 0.275 e. The van der Waals surface area contributed by atoms with E-state index in [0.29, 0.717) is 24.4 Å². The summed E-state index contributed by atoms with van der Waals surface area (Å²) in [6, 6.07) is 7.28. The van der Waals surface area contributed by atoms with E-state index in [1.807, 2.05) is 36.9 Å². The second-order valence-corrected chi connectivity index (χ2v) is 9.43. The highest BCUT2D eigenvalue weighted by Crippen LogP contribution is 2.47. The SMILES string of the molecule is CC(C)N(C(=O)c1nc[nH]c1C(N)=O)[C@H]1CC[C@@]2(CCN(c3cccc(Cl)c3)C2=O)CC1. The minimum Gasteiger partial charge on any atom is -0.364 e. The quantitative estimate of drug-likeness (QED) is 0.716. The average molecular weight is 458 g/mol. The third kappa shape index (κ3) is 3.88. The Morgan fingerprint density at radius 1 is 1.28 bits per heavy atom. The molecule has 2 aliphatic rings. The number of hydrogen-bond donors (Lipinski definition) is 2. The molecule has 0 unspecified atom stereocenters. The molecular weight excluding hydrogens is 430 g/mol. The Bertz CT molecular complexity index is 1040. The van der Waals surface area contributed by atoms with Crippen LogP contribution in [-0.4, -0.2) is 51.2 Å². The molecule has 8 nitrogen and oxygen atoms in total. The minimum atomic E-state index is -0.713. The predicted octanol–water partition coefficient (Wildman–Crippen LogP) is 3.38. The van der Waals surface area contributed by atoms with Gasteiger partial charge in [0, 0.05) is 29.3 Å². The van der Waals surface area contributed by atoms with Gasteiger partial charge in [0.25, 0.3) is 11.8 Å². The molecule has 1 spiro atoms. The fourth-order valence-corrected chi connectivity index (χ4v) is 5.38. The maximum Gasteiger partial charge on any atom is 0.275 e. The van der Waals surface area contributed by atoms with Gasteiger partial charge in [-0.1, -0.05) is 17.7 Å². The maximum absolute atomic E-state index is 13.4. The van der Waals surface area contributed by atoms with Gasteiger partial charge >= 0.3 is 0 Å². The molecule has 0 atom stereocenters. The van der Waals surface area contributed by atoms with Gasteiger partial charge in [-0.05, 0) is 64.2 Å². The van der Waals surface area contributed by atoms with Gasteiger partial charge < -0.3 is 20.5 Å². The van der Waals surface area contributed by atoms with Crippen molar-refractivity contribution in [3.63, 3.8) is 0 Å². The van der Waals surface area contributed by atoms with Crippen LogP contribution < -0.4 is 10.6 Å². The summed E-state index contributed by atoms with van der Waals surface area (Å²) < 4.78 is 0. The van der Waals surface area contributed by atoms with Crippen LogP contribution in [0.2, 0.25) is 5.02 Å². The monoisotopic (exact) mass is 457 g/mol. The number of H-pyrrole nitrogens is 1. The Morgan fingerprint density at radius 2 is 2.00 bits per heavy atom. The summed E-state index contributed by atoms with van der Waals surface area (Å²) in [6.07, 6.45) is 4.97. The number of carbonyl (C=O) groups excluding carboxylic acids is 3. The fourth-order valence-electron chi connectivity index (χ4n) is 5.20. The minimum absolute atomic E-state index is 0.0241. The number of rotatable bonds is 5. The summed E-state index contributed by atoms with van der Waals surface area (Å²) in [5.41, 5.74) is 5.90. The molecule has 2 aromatic rings. The molecule has 1 aliphatic carbocycles. The number of carbonyl (C=O) groups is 3. The van der Waals surface area contributed by atoms with Gasteiger partial charge in [-0.2, -0.15) is 0 Å². The number of anilines is 1. The molecule has 1 saturated heterocycles. The Morgan fingerprint density at radius 3 is 2.62 bits per heavy atom. The molecule has 3 N–H and O–H groups in total. The zero-order chi connectivity index (χ0) is 23.0. The number of aromatic nitrogens is 2. The van der Waals surface area contributed by atoms with E-state index in [4.69, 9.17) is 17.3 Å². The molecule has 32 heavy (non-hydrogen) atoms. The van der Waals surface area contributed by atoms with Gasteiger partial charge in [0.05, 0.1) is 11.7 Å². The molecule has 1 saturated carbocycles. The number of primary amides is 1. The highest BCUT2D eigenvalue weighted by molar-refractivity contribution is 6.31. The van der Waals surface area contributed by atoms with Crippen molar-refractivity contribution in [3.8, 4) is 0 Å². The molecule has 1 aliphatic heterocycles. The molecule has 3 amide bonds. The number of nitrogens with two attached hydrogens (primary N) is 1. The number of amides is 3. The number of hydrogen-bond acceptors (Lipinski definition) is 4. The van der Waals surface area contributed by atoms with Crippen molar-refractivity contribution >= 4 is 35.0 Å². The highest BCUT2D eigenvalue weighted by Gasteiger charge is 2.50. The molecule has 2 fully saturated rings. The third-order valence-corrected chi connectivity index (χ3v) is 7.05. The lowest BCUT2D eigenvalue weighted by Crippen LogP contribution is -2.49. The van der Waals surface area contributed by atoms with Crippen LogP contribution in [0.25, 0.3) is 0 Å². The van der Waals surface area contributed by atoms with E-state index in [0.717, 1.165) is 24.9 Å². The summed E-state index contributed by atoms with van der Waals surface area (Å²) in [4.78, 5) is 48.6. The first-order chi connectivity index (χ1) is 15.2. The third-order valence-electron chi connectivity index (χ3n) is 6.82. The van der Waals surface area contributed by atoms with Gasteiger partial charge in [-0.15, -0.1) is 0 Å². The van der Waals surface area contributed by atoms with E-state index in [1.165, 1.54) is 6.33 Å². The Hall–Kier alpha value is -2.87. The molecule has 1 aromatic heterocycles. The molecule has 0 bridgehead atoms. The van der Waals surface area contributed by atoms with Crippen LogP contribution in [-0.2, 0) is 4.79 Å². The molecule has 0 radical (unpaired) electrons. The zero-order valence-electron chi connectivity index (χ0n) is 18.3. The van der Waals surface area contributed by atoms with Crippen molar-refractivity contribution in [1.29, 1.82) is 0 Å². The van der Waals surface area contributed by atoms with E-state index in [-0.39, 0.29) is 35.3 Å². The van der Waals surface area contributed by atoms with Crippen LogP contribution in [0.3, 0.4) is 0 Å². The number of halogens is 1. The van der Waals surface area contributed by atoms with Crippen molar-refractivity contribution in [2.45, 2.75) is 58.0 Å². The molecule has 9 heteroatoms. The lowest BCUT2D eigenvalue weighted by Gasteiger charge is -2.42. The standard InChI is InChI=1S/C23H28ClN5O3/c1-14(2)29(21(31)19-18(20(25)30)26-13-27-19)16-6-8-23(9-7-16)10-11-28(22(23)32)17-5-3-4-15(24)12-17/h3-5,12-14,16H,6-11H2,1-2H3,(H2,25,30)(H,26,27)/t16-,23-. The van der Waals surface area contributed by atoms with Gasteiger partial charge in [0.15, 0.2) is 5.69 Å². The molecule has 1 aromatic carbocycles. The van der Waals surface area contributed by atoms with Gasteiger partial charge in [0.1, 0.15) is 5.69 Å². The number of aromatic amines is 1. The van der Waals surface area contributed by atoms with Crippen LogP contribution in [0.15, 0.2) is 30.6 Å². The molecular formula is C23H28ClN5O3. The molecule has 170 valence electrons. The summed E-state index contributed by atoms with van der Waals surface area (Å²) in [6.45, 7) is 4.56. The second kappa shape index (κ2) is 8.58. The van der Waals surface area contributed by atoms with Crippen LogP contribution in [0, 0.1) is 5.41 Å². The van der Waals surface area contributed by atoms with Gasteiger partial charge in [0.2, 0.25) is 5.91 Å².